The number of hydrogen-bond acceptors (Lipinski definition) is 5. The Balaban J connectivity index is 1.55. The summed E-state index contributed by atoms with van der Waals surface area (Å²) in [4.78, 5) is 1.18. The highest BCUT2D eigenvalue weighted by Gasteiger charge is 2.23. The molecule has 0 amide bonds. The van der Waals surface area contributed by atoms with E-state index in [1.165, 1.54) is 4.90 Å². The summed E-state index contributed by atoms with van der Waals surface area (Å²) >= 11 is 3.36. The number of fused-ring (bicyclic) bond motifs is 2. The van der Waals surface area contributed by atoms with Gasteiger partial charge in [-0.3, -0.25) is 4.55 Å². The van der Waals surface area contributed by atoms with Gasteiger partial charge in [0.1, 0.15) is 4.70 Å². The molecule has 2 heterocycles. The van der Waals surface area contributed by atoms with Gasteiger partial charge in [0.25, 0.3) is 15.1 Å². The molecule has 1 aliphatic heterocycles. The van der Waals surface area contributed by atoms with Crippen LogP contribution < -0.4 is 9.88 Å². The van der Waals surface area contributed by atoms with Gasteiger partial charge >= 0.3 is 0 Å². The summed E-state index contributed by atoms with van der Waals surface area (Å²) in [6.45, 7) is 0.495. The highest BCUT2D eigenvalue weighted by Crippen LogP contribution is 2.41. The van der Waals surface area contributed by atoms with Crippen molar-refractivity contribution in [3.8, 4) is 11.1 Å². The van der Waals surface area contributed by atoms with Crippen LogP contribution in [0.5, 0.6) is 0 Å². The molecule has 0 saturated carbocycles. The molecular weight excluding hydrogens is 460 g/mol. The van der Waals surface area contributed by atoms with Crippen molar-refractivity contribution in [2.24, 2.45) is 0 Å². The number of anilines is 1. The monoisotopic (exact) mass is 481 g/mol. The SMILES string of the molecule is O=S(=O)(O)CCC[n+]1c(C=C2Nc3ccccc3S2)sc2ccc(-c3ccccc3)cc21. The van der Waals surface area contributed by atoms with Crippen molar-refractivity contribution in [2.45, 2.75) is 17.9 Å². The maximum absolute atomic E-state index is 11.3. The number of rotatable bonds is 6. The molecule has 5 nitrogen and oxygen atoms in total. The number of aryl methyl sites for hydroxylation is 1. The fourth-order valence-electron chi connectivity index (χ4n) is 3.77. The molecule has 1 aromatic heterocycles. The first-order valence-corrected chi connectivity index (χ1v) is 13.4. The molecule has 32 heavy (non-hydrogen) atoms. The van der Waals surface area contributed by atoms with Crippen molar-refractivity contribution in [1.29, 1.82) is 0 Å². The number of benzene rings is 3. The molecule has 162 valence electrons. The predicted molar refractivity (Wildman–Crippen MR) is 132 cm³/mol. The number of para-hydroxylation sites is 1. The van der Waals surface area contributed by atoms with Gasteiger partial charge in [0.2, 0.25) is 5.52 Å². The summed E-state index contributed by atoms with van der Waals surface area (Å²) < 4.78 is 35.0. The maximum Gasteiger partial charge on any atom is 0.265 e. The van der Waals surface area contributed by atoms with Crippen molar-refractivity contribution in [1.82, 2.24) is 0 Å². The zero-order valence-corrected chi connectivity index (χ0v) is 19.5. The zero-order valence-electron chi connectivity index (χ0n) is 17.1. The van der Waals surface area contributed by atoms with Crippen molar-refractivity contribution >= 4 is 55.2 Å². The smallest absolute Gasteiger partial charge is 0.265 e. The fourth-order valence-corrected chi connectivity index (χ4v) is 6.39. The van der Waals surface area contributed by atoms with Gasteiger partial charge in [0, 0.05) is 17.4 Å². The van der Waals surface area contributed by atoms with Crippen molar-refractivity contribution < 1.29 is 17.5 Å². The van der Waals surface area contributed by atoms with Gasteiger partial charge in [0.05, 0.1) is 22.5 Å². The van der Waals surface area contributed by atoms with E-state index in [4.69, 9.17) is 0 Å². The standard InChI is InChI=1S/C24H20N2O3S3/c27-32(28,29)14-6-13-26-20-15-18(17-7-2-1-3-8-17)11-12-22(20)31-24(26)16-23-25-19-9-4-5-10-21(19)30-23/h1-5,7-12,15-16H,6,13-14H2,(H,27,28,29)/p+1. The number of aromatic nitrogens is 1. The van der Waals surface area contributed by atoms with Gasteiger partial charge in [-0.25, -0.2) is 0 Å². The van der Waals surface area contributed by atoms with Crippen LogP contribution in [0.1, 0.15) is 11.4 Å². The molecule has 0 fully saturated rings. The van der Waals surface area contributed by atoms with E-state index < -0.39 is 10.1 Å². The number of thioether (sulfide) groups is 1. The average Bonchev–Trinajstić information content (AvgIpc) is 3.34. The van der Waals surface area contributed by atoms with E-state index in [1.807, 2.05) is 30.3 Å². The fraction of sp³-hybridized carbons (Fsp3) is 0.125. The highest BCUT2D eigenvalue weighted by molar-refractivity contribution is 8.03. The van der Waals surface area contributed by atoms with Gasteiger partial charge in [-0.2, -0.15) is 13.0 Å². The predicted octanol–water partition coefficient (Wildman–Crippen LogP) is 5.65. The second-order valence-corrected chi connectivity index (χ2v) is 11.2. The third-order valence-electron chi connectivity index (χ3n) is 5.24. The average molecular weight is 482 g/mol. The molecule has 0 spiro atoms. The maximum atomic E-state index is 11.3. The van der Waals surface area contributed by atoms with E-state index in [1.54, 1.807) is 23.1 Å². The lowest BCUT2D eigenvalue weighted by Gasteiger charge is -2.02. The van der Waals surface area contributed by atoms with E-state index in [0.717, 1.165) is 37.1 Å². The third-order valence-corrected chi connectivity index (χ3v) is 8.17. The van der Waals surface area contributed by atoms with E-state index in [-0.39, 0.29) is 5.75 Å². The Morgan fingerprint density at radius 2 is 1.75 bits per heavy atom. The molecule has 3 aromatic carbocycles. The Morgan fingerprint density at radius 1 is 0.969 bits per heavy atom. The third kappa shape index (κ3) is 4.59. The van der Waals surface area contributed by atoms with Crippen LogP contribution >= 0.6 is 23.1 Å². The van der Waals surface area contributed by atoms with Crippen LogP contribution in [-0.2, 0) is 16.7 Å². The number of nitrogens with zero attached hydrogens (tertiary/aromatic N) is 1. The molecule has 0 bridgehead atoms. The number of hydrogen-bond donors (Lipinski definition) is 2. The molecule has 0 saturated heterocycles. The minimum Gasteiger partial charge on any atom is -0.349 e. The van der Waals surface area contributed by atoms with Gasteiger partial charge in [-0.15, -0.1) is 0 Å². The lowest BCUT2D eigenvalue weighted by Crippen LogP contribution is -2.36. The molecule has 0 aliphatic carbocycles. The van der Waals surface area contributed by atoms with E-state index in [0.29, 0.717) is 13.0 Å². The van der Waals surface area contributed by atoms with E-state index in [2.05, 4.69) is 58.4 Å². The Kier molecular flexibility index (Phi) is 5.77. The summed E-state index contributed by atoms with van der Waals surface area (Å²) in [5.41, 5.74) is 4.39. The Bertz CT molecular complexity index is 1400. The minimum absolute atomic E-state index is 0.260. The first kappa shape index (κ1) is 21.2. The van der Waals surface area contributed by atoms with Crippen molar-refractivity contribution in [3.63, 3.8) is 0 Å². The molecule has 8 heteroatoms. The van der Waals surface area contributed by atoms with Gasteiger partial charge in [-0.05, 0) is 29.3 Å². The lowest BCUT2D eigenvalue weighted by molar-refractivity contribution is -0.668. The van der Waals surface area contributed by atoms with Crippen LogP contribution in [-0.4, -0.2) is 18.7 Å². The van der Waals surface area contributed by atoms with Crippen LogP contribution in [0.3, 0.4) is 0 Å². The molecule has 1 aliphatic rings. The first-order valence-electron chi connectivity index (χ1n) is 10.2. The summed E-state index contributed by atoms with van der Waals surface area (Å²) in [5.74, 6) is -0.260. The molecule has 0 atom stereocenters. The highest BCUT2D eigenvalue weighted by atomic mass is 32.2. The van der Waals surface area contributed by atoms with Gasteiger partial charge in [-0.1, -0.05) is 71.6 Å². The van der Waals surface area contributed by atoms with Crippen LogP contribution in [0.2, 0.25) is 0 Å². The summed E-state index contributed by atoms with van der Waals surface area (Å²) in [6.07, 6.45) is 2.45. The lowest BCUT2D eigenvalue weighted by atomic mass is 10.1. The van der Waals surface area contributed by atoms with Crippen LogP contribution in [0.25, 0.3) is 27.4 Å². The second-order valence-electron chi connectivity index (χ2n) is 7.51. The number of thiazole rings is 1. The van der Waals surface area contributed by atoms with Crippen LogP contribution in [0.15, 0.2) is 82.7 Å². The molecule has 4 aromatic rings. The Labute approximate surface area is 195 Å². The van der Waals surface area contributed by atoms with Crippen molar-refractivity contribution in [3.05, 3.63) is 82.8 Å². The summed E-state index contributed by atoms with van der Waals surface area (Å²) in [5, 5.41) is 5.52. The van der Waals surface area contributed by atoms with Gasteiger partial charge in [0.15, 0.2) is 6.54 Å². The quantitative estimate of drug-likeness (QED) is 0.275. The molecule has 5 rings (SSSR count). The van der Waals surface area contributed by atoms with Crippen molar-refractivity contribution in [2.75, 3.05) is 11.1 Å². The Morgan fingerprint density at radius 3 is 2.53 bits per heavy atom. The second kappa shape index (κ2) is 8.71. The molecule has 0 radical (unpaired) electrons. The zero-order chi connectivity index (χ0) is 22.1. The van der Waals surface area contributed by atoms with E-state index in [9.17, 15) is 13.0 Å². The van der Waals surface area contributed by atoms with E-state index >= 15 is 0 Å². The summed E-state index contributed by atoms with van der Waals surface area (Å²) in [6, 6.07) is 24.8. The van der Waals surface area contributed by atoms with Gasteiger partial charge < -0.3 is 5.32 Å². The van der Waals surface area contributed by atoms with Crippen LogP contribution in [0, 0.1) is 0 Å². The topological polar surface area (TPSA) is 70.3 Å². The molecule has 0 unspecified atom stereocenters. The normalized spacial score (nSPS) is 14.6. The van der Waals surface area contributed by atoms with Crippen LogP contribution in [0.4, 0.5) is 5.69 Å². The summed E-state index contributed by atoms with van der Waals surface area (Å²) in [7, 11) is -4.00. The minimum atomic E-state index is -4.00. The first-order chi connectivity index (χ1) is 15.5. The molecular formula is C24H21N2O3S3+. The number of nitrogens with one attached hydrogen (secondary N) is 1. The Hall–Kier alpha value is -2.65. The molecule has 2 N–H and O–H groups in total. The largest absolute Gasteiger partial charge is 0.349 e.